The zero-order valence-electron chi connectivity index (χ0n) is 12.7. The Morgan fingerprint density at radius 2 is 1.91 bits per heavy atom. The van der Waals surface area contributed by atoms with Gasteiger partial charge in [-0.15, -0.1) is 6.58 Å². The van der Waals surface area contributed by atoms with E-state index in [1.165, 1.54) is 18.2 Å². The molecule has 0 radical (unpaired) electrons. The summed E-state index contributed by atoms with van der Waals surface area (Å²) in [7, 11) is -3.76. The monoisotopic (exact) mass is 330 g/mol. The Hall–Kier alpha value is -2.60. The van der Waals surface area contributed by atoms with E-state index in [-0.39, 0.29) is 16.4 Å². The van der Waals surface area contributed by atoms with Crippen LogP contribution in [0.3, 0.4) is 0 Å². The fourth-order valence-corrected chi connectivity index (χ4v) is 3.14. The van der Waals surface area contributed by atoms with Crippen molar-refractivity contribution in [2.45, 2.75) is 11.8 Å². The second-order valence-corrected chi connectivity index (χ2v) is 6.63. The molecule has 0 bridgehead atoms. The normalized spacial score (nSPS) is 10.8. The largest absolute Gasteiger partial charge is 0.349 e. The third-order valence-corrected chi connectivity index (χ3v) is 4.57. The average molecular weight is 330 g/mol. The number of rotatable bonds is 6. The standard InChI is InChI=1S/C17H18N2O3S/c1-3-11-18-17(20)14-8-6-9-15(12-14)23(21,22)19-16-10-5-4-7-13(16)2/h3-10,12,19H,1,11H2,2H3,(H,18,20). The molecule has 2 aromatic rings. The summed E-state index contributed by atoms with van der Waals surface area (Å²) in [5, 5.41) is 2.61. The van der Waals surface area contributed by atoms with Crippen molar-refractivity contribution in [3.8, 4) is 0 Å². The van der Waals surface area contributed by atoms with Gasteiger partial charge >= 0.3 is 0 Å². The van der Waals surface area contributed by atoms with Gasteiger partial charge < -0.3 is 5.32 Å². The fraction of sp³-hybridized carbons (Fsp3) is 0.118. The SMILES string of the molecule is C=CCNC(=O)c1cccc(S(=O)(=O)Nc2ccccc2C)c1. The van der Waals surface area contributed by atoms with Crippen LogP contribution < -0.4 is 10.0 Å². The molecule has 2 N–H and O–H groups in total. The number of nitrogens with one attached hydrogen (secondary N) is 2. The summed E-state index contributed by atoms with van der Waals surface area (Å²) < 4.78 is 27.5. The topological polar surface area (TPSA) is 75.3 Å². The van der Waals surface area contributed by atoms with E-state index in [1.807, 2.05) is 19.1 Å². The van der Waals surface area contributed by atoms with Crippen molar-refractivity contribution in [1.29, 1.82) is 0 Å². The molecule has 2 aromatic carbocycles. The fourth-order valence-electron chi connectivity index (χ4n) is 1.96. The Morgan fingerprint density at radius 3 is 2.61 bits per heavy atom. The highest BCUT2D eigenvalue weighted by molar-refractivity contribution is 7.92. The number of carbonyl (C=O) groups is 1. The lowest BCUT2D eigenvalue weighted by Crippen LogP contribution is -2.23. The molecule has 0 spiro atoms. The summed E-state index contributed by atoms with van der Waals surface area (Å²) in [5.41, 5.74) is 1.60. The first-order valence-electron chi connectivity index (χ1n) is 7.01. The third-order valence-electron chi connectivity index (χ3n) is 3.20. The van der Waals surface area contributed by atoms with Crippen LogP contribution >= 0.6 is 0 Å². The van der Waals surface area contributed by atoms with Crippen LogP contribution in [0.1, 0.15) is 15.9 Å². The lowest BCUT2D eigenvalue weighted by Gasteiger charge is -2.11. The summed E-state index contributed by atoms with van der Waals surface area (Å²) in [4.78, 5) is 12.0. The summed E-state index contributed by atoms with van der Waals surface area (Å²) in [6, 6.07) is 13.0. The first-order chi connectivity index (χ1) is 10.9. The molecule has 120 valence electrons. The smallest absolute Gasteiger partial charge is 0.261 e. The summed E-state index contributed by atoms with van der Waals surface area (Å²) >= 11 is 0. The molecule has 0 saturated heterocycles. The average Bonchev–Trinajstić information content (AvgIpc) is 2.54. The molecular weight excluding hydrogens is 312 g/mol. The molecular formula is C17H18N2O3S. The van der Waals surface area contributed by atoms with Crippen molar-refractivity contribution in [1.82, 2.24) is 5.32 Å². The lowest BCUT2D eigenvalue weighted by atomic mass is 10.2. The van der Waals surface area contributed by atoms with Gasteiger partial charge in [0.2, 0.25) is 0 Å². The molecule has 0 atom stereocenters. The van der Waals surface area contributed by atoms with E-state index < -0.39 is 10.0 Å². The number of anilines is 1. The molecule has 6 heteroatoms. The number of carbonyl (C=O) groups excluding carboxylic acids is 1. The predicted octanol–water partition coefficient (Wildman–Crippen LogP) is 2.71. The predicted molar refractivity (Wildman–Crippen MR) is 91.0 cm³/mol. The van der Waals surface area contributed by atoms with Gasteiger partial charge in [-0.3, -0.25) is 9.52 Å². The summed E-state index contributed by atoms with van der Waals surface area (Å²) in [6.07, 6.45) is 1.55. The zero-order valence-corrected chi connectivity index (χ0v) is 13.6. The quantitative estimate of drug-likeness (QED) is 0.800. The van der Waals surface area contributed by atoms with Crippen LogP contribution in [0.4, 0.5) is 5.69 Å². The van der Waals surface area contributed by atoms with Gasteiger partial charge in [0.15, 0.2) is 0 Å². The lowest BCUT2D eigenvalue weighted by molar-refractivity contribution is 0.0958. The van der Waals surface area contributed by atoms with Crippen LogP contribution in [0.5, 0.6) is 0 Å². The van der Waals surface area contributed by atoms with Gasteiger partial charge in [0.1, 0.15) is 0 Å². The summed E-state index contributed by atoms with van der Waals surface area (Å²) in [5.74, 6) is -0.349. The molecule has 0 saturated carbocycles. The van der Waals surface area contributed by atoms with Crippen LogP contribution in [0.15, 0.2) is 66.1 Å². The minimum absolute atomic E-state index is 0.0343. The van der Waals surface area contributed by atoms with Gasteiger partial charge in [-0.25, -0.2) is 8.42 Å². The van der Waals surface area contributed by atoms with Crippen molar-refractivity contribution in [2.75, 3.05) is 11.3 Å². The Bertz CT molecular complexity index is 829. The molecule has 0 aliphatic heterocycles. The van der Waals surface area contributed by atoms with Crippen LogP contribution in [-0.4, -0.2) is 20.9 Å². The molecule has 5 nitrogen and oxygen atoms in total. The van der Waals surface area contributed by atoms with E-state index in [2.05, 4.69) is 16.6 Å². The first-order valence-corrected chi connectivity index (χ1v) is 8.50. The second kappa shape index (κ2) is 7.11. The maximum absolute atomic E-state index is 12.5. The van der Waals surface area contributed by atoms with Crippen LogP contribution in [0.25, 0.3) is 0 Å². The highest BCUT2D eigenvalue weighted by Gasteiger charge is 2.17. The van der Waals surface area contributed by atoms with E-state index in [0.717, 1.165) is 5.56 Å². The third kappa shape index (κ3) is 4.20. The van der Waals surface area contributed by atoms with Gasteiger partial charge in [-0.2, -0.15) is 0 Å². The van der Waals surface area contributed by atoms with Gasteiger partial charge in [-0.05, 0) is 36.8 Å². The van der Waals surface area contributed by atoms with Crippen LogP contribution in [0, 0.1) is 6.92 Å². The van der Waals surface area contributed by atoms with Crippen LogP contribution in [-0.2, 0) is 10.0 Å². The number of para-hydroxylation sites is 1. The Labute approximate surface area is 136 Å². The Morgan fingerprint density at radius 1 is 1.17 bits per heavy atom. The molecule has 0 aliphatic rings. The maximum Gasteiger partial charge on any atom is 0.261 e. The highest BCUT2D eigenvalue weighted by atomic mass is 32.2. The van der Waals surface area contributed by atoms with E-state index >= 15 is 0 Å². The van der Waals surface area contributed by atoms with Crippen molar-refractivity contribution in [3.05, 3.63) is 72.3 Å². The van der Waals surface area contributed by atoms with Crippen molar-refractivity contribution in [2.24, 2.45) is 0 Å². The molecule has 0 aliphatic carbocycles. The minimum Gasteiger partial charge on any atom is -0.349 e. The molecule has 0 heterocycles. The molecule has 0 aromatic heterocycles. The number of benzene rings is 2. The van der Waals surface area contributed by atoms with E-state index in [0.29, 0.717) is 12.2 Å². The van der Waals surface area contributed by atoms with Crippen molar-refractivity contribution < 1.29 is 13.2 Å². The number of aryl methyl sites for hydroxylation is 1. The second-order valence-electron chi connectivity index (χ2n) is 4.95. The molecule has 23 heavy (non-hydrogen) atoms. The minimum atomic E-state index is -3.76. The van der Waals surface area contributed by atoms with E-state index in [1.54, 1.807) is 24.3 Å². The van der Waals surface area contributed by atoms with Gasteiger partial charge in [0.25, 0.3) is 15.9 Å². The highest BCUT2D eigenvalue weighted by Crippen LogP contribution is 2.20. The summed E-state index contributed by atoms with van der Waals surface area (Å²) in [6.45, 7) is 5.65. The maximum atomic E-state index is 12.5. The molecule has 2 rings (SSSR count). The molecule has 0 fully saturated rings. The molecule has 0 unspecified atom stereocenters. The van der Waals surface area contributed by atoms with Gasteiger partial charge in [0.05, 0.1) is 10.6 Å². The van der Waals surface area contributed by atoms with Crippen molar-refractivity contribution >= 4 is 21.6 Å². The number of hydrogen-bond acceptors (Lipinski definition) is 3. The van der Waals surface area contributed by atoms with Gasteiger partial charge in [0, 0.05) is 12.1 Å². The van der Waals surface area contributed by atoms with Crippen LogP contribution in [0.2, 0.25) is 0 Å². The van der Waals surface area contributed by atoms with E-state index in [9.17, 15) is 13.2 Å². The molecule has 1 amide bonds. The number of hydrogen-bond donors (Lipinski definition) is 2. The number of amides is 1. The number of sulfonamides is 1. The first kappa shape index (κ1) is 16.8. The zero-order chi connectivity index (χ0) is 16.9. The Kier molecular flexibility index (Phi) is 5.18. The van der Waals surface area contributed by atoms with Crippen molar-refractivity contribution in [3.63, 3.8) is 0 Å². The Balaban J connectivity index is 2.28. The van der Waals surface area contributed by atoms with E-state index in [4.69, 9.17) is 0 Å². The van der Waals surface area contributed by atoms with Gasteiger partial charge in [-0.1, -0.05) is 30.3 Å².